The van der Waals surface area contributed by atoms with Crippen molar-refractivity contribution in [3.63, 3.8) is 0 Å². The van der Waals surface area contributed by atoms with E-state index in [1.807, 2.05) is 13.1 Å². The van der Waals surface area contributed by atoms with Gasteiger partial charge in [-0.1, -0.05) is 0 Å². The Morgan fingerprint density at radius 2 is 1.38 bits per heavy atom. The molecular formula is C8H26O4Si4. The SMILES string of the molecule is CO[Si](C)(C)O[Si](C)(C)O[SiH](C)O[SiH](C)C. The minimum Gasteiger partial charge on any atom is -0.442 e. The second-order valence-electron chi connectivity index (χ2n) is 4.98. The molecule has 0 spiro atoms. The molecule has 0 aromatic heterocycles. The summed E-state index contributed by atoms with van der Waals surface area (Å²) in [6.07, 6.45) is 0. The van der Waals surface area contributed by atoms with E-state index >= 15 is 0 Å². The number of rotatable bonds is 7. The first-order valence-electron chi connectivity index (χ1n) is 5.66. The first kappa shape index (κ1) is 16.7. The van der Waals surface area contributed by atoms with E-state index in [-0.39, 0.29) is 0 Å². The van der Waals surface area contributed by atoms with Crippen LogP contribution >= 0.6 is 0 Å². The van der Waals surface area contributed by atoms with Crippen LogP contribution in [-0.2, 0) is 16.8 Å². The second kappa shape index (κ2) is 6.59. The molecule has 0 radical (unpaired) electrons. The van der Waals surface area contributed by atoms with Gasteiger partial charge in [-0.25, -0.2) is 0 Å². The quantitative estimate of drug-likeness (QED) is 0.673. The van der Waals surface area contributed by atoms with Crippen LogP contribution < -0.4 is 0 Å². The number of hydrogen-bond acceptors (Lipinski definition) is 4. The molecule has 1 atom stereocenters. The molecule has 0 fully saturated rings. The maximum absolute atomic E-state index is 6.03. The van der Waals surface area contributed by atoms with Gasteiger partial charge in [0, 0.05) is 7.11 Å². The van der Waals surface area contributed by atoms with E-state index in [4.69, 9.17) is 16.8 Å². The van der Waals surface area contributed by atoms with Crippen molar-refractivity contribution in [1.29, 1.82) is 0 Å². The summed E-state index contributed by atoms with van der Waals surface area (Å²) in [6.45, 7) is 14.6. The fourth-order valence-corrected chi connectivity index (χ4v) is 14.1. The molecule has 0 rings (SSSR count). The Kier molecular flexibility index (Phi) is 6.88. The van der Waals surface area contributed by atoms with Crippen LogP contribution in [0.4, 0.5) is 0 Å². The monoisotopic (exact) mass is 298 g/mol. The van der Waals surface area contributed by atoms with E-state index in [1.165, 1.54) is 0 Å². The molecule has 0 saturated heterocycles. The lowest BCUT2D eigenvalue weighted by Crippen LogP contribution is -2.50. The lowest BCUT2D eigenvalue weighted by atomic mass is 11.8. The van der Waals surface area contributed by atoms with E-state index < -0.39 is 35.4 Å². The van der Waals surface area contributed by atoms with Crippen molar-refractivity contribution in [2.75, 3.05) is 7.11 Å². The molecule has 1 unspecified atom stereocenters. The minimum absolute atomic E-state index is 0.995. The highest BCUT2D eigenvalue weighted by Crippen LogP contribution is 2.17. The van der Waals surface area contributed by atoms with Gasteiger partial charge in [0.2, 0.25) is 0 Å². The third-order valence-corrected chi connectivity index (χ3v) is 14.1. The lowest BCUT2D eigenvalue weighted by Gasteiger charge is -2.33. The van der Waals surface area contributed by atoms with Gasteiger partial charge in [-0.3, -0.25) is 0 Å². The van der Waals surface area contributed by atoms with Gasteiger partial charge in [0.25, 0.3) is 9.28 Å². The zero-order valence-electron chi connectivity index (χ0n) is 11.8. The molecule has 0 aliphatic heterocycles. The lowest BCUT2D eigenvalue weighted by molar-refractivity contribution is 0.273. The highest BCUT2D eigenvalue weighted by Gasteiger charge is 2.37. The second-order valence-corrected chi connectivity index (χ2v) is 17.1. The first-order valence-corrected chi connectivity index (χ1v) is 16.2. The van der Waals surface area contributed by atoms with Crippen LogP contribution in [0, 0.1) is 0 Å². The summed E-state index contributed by atoms with van der Waals surface area (Å²) in [5, 5.41) is 0. The molecule has 0 N–H and O–H groups in total. The van der Waals surface area contributed by atoms with Gasteiger partial charge in [0.05, 0.1) is 0 Å². The van der Waals surface area contributed by atoms with Crippen molar-refractivity contribution in [3.05, 3.63) is 0 Å². The molecule has 0 saturated carbocycles. The van der Waals surface area contributed by atoms with Crippen molar-refractivity contribution in [2.45, 2.75) is 45.8 Å². The van der Waals surface area contributed by atoms with E-state index in [0.29, 0.717) is 0 Å². The maximum atomic E-state index is 6.03. The molecule has 4 nitrogen and oxygen atoms in total. The molecule has 0 aromatic carbocycles. The Labute approximate surface area is 105 Å². The molecule has 98 valence electrons. The summed E-state index contributed by atoms with van der Waals surface area (Å²) < 4.78 is 23.2. The summed E-state index contributed by atoms with van der Waals surface area (Å²) >= 11 is 0. The van der Waals surface area contributed by atoms with Gasteiger partial charge < -0.3 is 16.8 Å². The fourth-order valence-electron chi connectivity index (χ4n) is 1.47. The molecule has 16 heavy (non-hydrogen) atoms. The van der Waals surface area contributed by atoms with Gasteiger partial charge in [-0.2, -0.15) is 0 Å². The van der Waals surface area contributed by atoms with Gasteiger partial charge in [-0.15, -0.1) is 0 Å². The summed E-state index contributed by atoms with van der Waals surface area (Å²) in [5.41, 5.74) is 0. The van der Waals surface area contributed by atoms with Gasteiger partial charge in [0.15, 0.2) is 9.04 Å². The van der Waals surface area contributed by atoms with Crippen LogP contribution in [0.3, 0.4) is 0 Å². The average Bonchev–Trinajstić information content (AvgIpc) is 1.98. The Morgan fingerprint density at radius 1 is 0.875 bits per heavy atom. The molecule has 0 amide bonds. The summed E-state index contributed by atoms with van der Waals surface area (Å²) in [6, 6.07) is 0. The Bertz CT molecular complexity index is 210. The number of hydrogen-bond donors (Lipinski definition) is 0. The van der Waals surface area contributed by atoms with E-state index in [9.17, 15) is 0 Å². The van der Waals surface area contributed by atoms with Crippen molar-refractivity contribution >= 4 is 35.4 Å². The first-order chi connectivity index (χ1) is 7.08. The highest BCUT2D eigenvalue weighted by molar-refractivity contribution is 6.82. The Balaban J connectivity index is 4.23. The Hall–Kier alpha value is 0.708. The summed E-state index contributed by atoms with van der Waals surface area (Å²) in [7, 11) is -4.91. The van der Waals surface area contributed by atoms with Gasteiger partial charge in [0.1, 0.15) is 0 Å². The maximum Gasteiger partial charge on any atom is 0.322 e. The zero-order chi connectivity index (χ0) is 13.0. The molecule has 0 heterocycles. The molecule has 8 heteroatoms. The van der Waals surface area contributed by atoms with Crippen LogP contribution in [0.25, 0.3) is 0 Å². The van der Waals surface area contributed by atoms with Crippen molar-refractivity contribution in [1.82, 2.24) is 0 Å². The van der Waals surface area contributed by atoms with Crippen LogP contribution in [-0.4, -0.2) is 42.6 Å². The minimum atomic E-state index is -2.09. The van der Waals surface area contributed by atoms with Crippen molar-refractivity contribution in [2.24, 2.45) is 0 Å². The summed E-state index contributed by atoms with van der Waals surface area (Å²) in [5.74, 6) is 0. The summed E-state index contributed by atoms with van der Waals surface area (Å²) in [4.78, 5) is 0. The highest BCUT2D eigenvalue weighted by atomic mass is 28.5. The molecular weight excluding hydrogens is 272 g/mol. The fraction of sp³-hybridized carbons (Fsp3) is 1.00. The van der Waals surface area contributed by atoms with E-state index in [0.717, 1.165) is 0 Å². The van der Waals surface area contributed by atoms with E-state index in [1.54, 1.807) is 7.11 Å². The molecule has 0 aliphatic rings. The average molecular weight is 299 g/mol. The molecule has 0 aromatic rings. The molecule has 0 bridgehead atoms. The normalized spacial score (nSPS) is 15.6. The standard InChI is InChI=1S/C8H26O4Si4/c1-9-15(5,6)12-16(7,8)11-14(4)10-13(2)3/h13-14H,1-8H3. The third-order valence-electron chi connectivity index (χ3n) is 1.90. The van der Waals surface area contributed by atoms with Crippen molar-refractivity contribution in [3.8, 4) is 0 Å². The third kappa shape index (κ3) is 7.90. The van der Waals surface area contributed by atoms with Crippen molar-refractivity contribution < 1.29 is 16.8 Å². The predicted octanol–water partition coefficient (Wildman–Crippen LogP) is 1.92. The van der Waals surface area contributed by atoms with Gasteiger partial charge >= 0.3 is 17.1 Å². The zero-order valence-corrected chi connectivity index (χ0v) is 16.1. The van der Waals surface area contributed by atoms with E-state index in [2.05, 4.69) is 32.7 Å². The molecule has 0 aliphatic carbocycles. The smallest absolute Gasteiger partial charge is 0.322 e. The van der Waals surface area contributed by atoms with Gasteiger partial charge in [-0.05, 0) is 45.8 Å². The topological polar surface area (TPSA) is 36.9 Å². The van der Waals surface area contributed by atoms with Crippen LogP contribution in [0.2, 0.25) is 45.8 Å². The predicted molar refractivity (Wildman–Crippen MR) is 77.1 cm³/mol. The van der Waals surface area contributed by atoms with Crippen LogP contribution in [0.15, 0.2) is 0 Å². The van der Waals surface area contributed by atoms with Crippen LogP contribution in [0.1, 0.15) is 0 Å². The van der Waals surface area contributed by atoms with Crippen LogP contribution in [0.5, 0.6) is 0 Å². The largest absolute Gasteiger partial charge is 0.442 e. The Morgan fingerprint density at radius 3 is 1.75 bits per heavy atom.